The number of benzene rings is 1. The van der Waals surface area contributed by atoms with Gasteiger partial charge in [0.1, 0.15) is 5.82 Å². The van der Waals surface area contributed by atoms with Crippen LogP contribution >= 0.6 is 0 Å². The Bertz CT molecular complexity index is 507. The predicted molar refractivity (Wildman–Crippen MR) is 72.0 cm³/mol. The first-order valence-corrected chi connectivity index (χ1v) is 6.61. The fourth-order valence-corrected chi connectivity index (χ4v) is 2.44. The average molecular weight is 280 g/mol. The van der Waals surface area contributed by atoms with Crippen molar-refractivity contribution < 1.29 is 19.1 Å². The van der Waals surface area contributed by atoms with Crippen LogP contribution in [0.15, 0.2) is 24.3 Å². The number of nitrogens with zero attached hydrogens (tertiary/aromatic N) is 1. The molecule has 1 saturated heterocycles. The molecule has 0 spiro atoms. The molecular weight excluding hydrogens is 263 g/mol. The minimum Gasteiger partial charge on any atom is -0.481 e. The third-order valence-corrected chi connectivity index (χ3v) is 3.37. The van der Waals surface area contributed by atoms with Crippen LogP contribution in [0.25, 0.3) is 0 Å². The Morgan fingerprint density at radius 3 is 2.90 bits per heavy atom. The molecule has 1 aromatic carbocycles. The fourth-order valence-electron chi connectivity index (χ4n) is 2.44. The molecule has 20 heavy (non-hydrogen) atoms. The van der Waals surface area contributed by atoms with E-state index in [2.05, 4.69) is 5.32 Å². The van der Waals surface area contributed by atoms with Gasteiger partial charge in [0, 0.05) is 18.3 Å². The van der Waals surface area contributed by atoms with E-state index < -0.39 is 11.8 Å². The lowest BCUT2D eigenvalue weighted by molar-refractivity contribution is -0.138. The number of rotatable bonds is 3. The van der Waals surface area contributed by atoms with Crippen molar-refractivity contribution in [2.75, 3.05) is 11.9 Å². The molecule has 0 aromatic heterocycles. The van der Waals surface area contributed by atoms with Gasteiger partial charge in [-0.3, -0.25) is 4.79 Å². The second kappa shape index (κ2) is 6.36. The summed E-state index contributed by atoms with van der Waals surface area (Å²) in [6.07, 6.45) is 2.40. The van der Waals surface area contributed by atoms with Crippen LogP contribution in [0.3, 0.4) is 0 Å². The Hall–Kier alpha value is -2.11. The number of likely N-dealkylation sites (tertiary alicyclic amines) is 1. The highest BCUT2D eigenvalue weighted by atomic mass is 19.1. The van der Waals surface area contributed by atoms with E-state index in [1.165, 1.54) is 23.1 Å². The summed E-state index contributed by atoms with van der Waals surface area (Å²) in [5.74, 6) is -1.34. The van der Waals surface area contributed by atoms with Gasteiger partial charge in [0.15, 0.2) is 0 Å². The molecular formula is C14H17FN2O3. The molecule has 1 aromatic rings. The van der Waals surface area contributed by atoms with E-state index in [1.54, 1.807) is 6.07 Å². The highest BCUT2D eigenvalue weighted by molar-refractivity contribution is 5.89. The Balaban J connectivity index is 2.04. The van der Waals surface area contributed by atoms with Crippen LogP contribution in [0.5, 0.6) is 0 Å². The van der Waals surface area contributed by atoms with Crippen molar-refractivity contribution in [3.8, 4) is 0 Å². The van der Waals surface area contributed by atoms with Crippen molar-refractivity contribution >= 4 is 17.7 Å². The average Bonchev–Trinajstić information content (AvgIpc) is 2.38. The number of hydrogen-bond acceptors (Lipinski definition) is 2. The molecule has 2 amide bonds. The van der Waals surface area contributed by atoms with Crippen LogP contribution in [0, 0.1) is 5.82 Å². The van der Waals surface area contributed by atoms with Crippen molar-refractivity contribution in [1.82, 2.24) is 4.90 Å². The Morgan fingerprint density at radius 1 is 1.40 bits per heavy atom. The number of piperidine rings is 1. The van der Waals surface area contributed by atoms with Crippen molar-refractivity contribution in [1.29, 1.82) is 0 Å². The first kappa shape index (κ1) is 14.3. The van der Waals surface area contributed by atoms with Crippen LogP contribution in [-0.4, -0.2) is 34.6 Å². The van der Waals surface area contributed by atoms with Gasteiger partial charge in [-0.05, 0) is 37.5 Å². The quantitative estimate of drug-likeness (QED) is 0.894. The summed E-state index contributed by atoms with van der Waals surface area (Å²) in [5, 5.41) is 11.5. The molecule has 0 saturated carbocycles. The Labute approximate surface area is 116 Å². The first-order valence-electron chi connectivity index (χ1n) is 6.61. The van der Waals surface area contributed by atoms with Gasteiger partial charge >= 0.3 is 12.0 Å². The number of aliphatic carboxylic acids is 1. The van der Waals surface area contributed by atoms with Crippen LogP contribution in [-0.2, 0) is 4.79 Å². The lowest BCUT2D eigenvalue weighted by atomic mass is 10.00. The number of nitrogens with one attached hydrogen (secondary N) is 1. The molecule has 1 unspecified atom stereocenters. The second-order valence-electron chi connectivity index (χ2n) is 4.88. The van der Waals surface area contributed by atoms with Crippen LogP contribution in [0.1, 0.15) is 25.7 Å². The fraction of sp³-hybridized carbons (Fsp3) is 0.429. The summed E-state index contributed by atoms with van der Waals surface area (Å²) < 4.78 is 13.1. The van der Waals surface area contributed by atoms with E-state index in [0.29, 0.717) is 18.7 Å². The smallest absolute Gasteiger partial charge is 0.322 e. The number of anilines is 1. The molecule has 5 nitrogen and oxygen atoms in total. The van der Waals surface area contributed by atoms with Crippen LogP contribution in [0.2, 0.25) is 0 Å². The lowest BCUT2D eigenvalue weighted by Gasteiger charge is -2.34. The maximum atomic E-state index is 13.1. The van der Waals surface area contributed by atoms with Crippen molar-refractivity contribution in [2.45, 2.75) is 31.7 Å². The summed E-state index contributed by atoms with van der Waals surface area (Å²) in [4.78, 5) is 24.5. The number of hydrogen-bond donors (Lipinski definition) is 2. The van der Waals surface area contributed by atoms with Gasteiger partial charge in [-0.15, -0.1) is 0 Å². The molecule has 2 rings (SSSR count). The van der Waals surface area contributed by atoms with E-state index in [9.17, 15) is 14.0 Å². The molecule has 6 heteroatoms. The van der Waals surface area contributed by atoms with E-state index in [-0.39, 0.29) is 18.5 Å². The minimum absolute atomic E-state index is 0.0590. The summed E-state index contributed by atoms with van der Waals surface area (Å²) in [6, 6.07) is 4.96. The number of carbonyl (C=O) groups is 2. The molecule has 0 aliphatic carbocycles. The van der Waals surface area contributed by atoms with Gasteiger partial charge in [-0.2, -0.15) is 0 Å². The maximum Gasteiger partial charge on any atom is 0.322 e. The standard InChI is InChI=1S/C14H17FN2O3/c15-10-4-3-5-11(8-10)16-14(20)17-7-2-1-6-12(17)9-13(18)19/h3-5,8,12H,1-2,6-7,9H2,(H,16,20)(H,18,19). The van der Waals surface area contributed by atoms with Gasteiger partial charge in [-0.1, -0.05) is 6.07 Å². The SMILES string of the molecule is O=C(O)CC1CCCCN1C(=O)Nc1cccc(F)c1. The van der Waals surface area contributed by atoms with Gasteiger partial charge in [0.2, 0.25) is 0 Å². The van der Waals surface area contributed by atoms with Gasteiger partial charge in [0.25, 0.3) is 0 Å². The molecule has 2 N–H and O–H groups in total. The minimum atomic E-state index is -0.916. The topological polar surface area (TPSA) is 69.6 Å². The number of carbonyl (C=O) groups excluding carboxylic acids is 1. The number of halogens is 1. The molecule has 0 bridgehead atoms. The highest BCUT2D eigenvalue weighted by Crippen LogP contribution is 2.21. The molecule has 0 radical (unpaired) electrons. The van der Waals surface area contributed by atoms with Crippen molar-refractivity contribution in [2.24, 2.45) is 0 Å². The summed E-state index contributed by atoms with van der Waals surface area (Å²) in [5.41, 5.74) is 0.370. The van der Waals surface area contributed by atoms with Crippen molar-refractivity contribution in [3.05, 3.63) is 30.1 Å². The van der Waals surface area contributed by atoms with Gasteiger partial charge in [0.05, 0.1) is 6.42 Å². The zero-order valence-corrected chi connectivity index (χ0v) is 11.0. The molecule has 1 aliphatic heterocycles. The molecule has 1 fully saturated rings. The highest BCUT2D eigenvalue weighted by Gasteiger charge is 2.28. The number of carboxylic acid groups (broad SMARTS) is 1. The normalized spacial score (nSPS) is 18.6. The third kappa shape index (κ3) is 3.69. The zero-order valence-electron chi connectivity index (χ0n) is 11.0. The summed E-state index contributed by atoms with van der Waals surface area (Å²) >= 11 is 0. The molecule has 1 aliphatic rings. The largest absolute Gasteiger partial charge is 0.481 e. The second-order valence-corrected chi connectivity index (χ2v) is 4.88. The first-order chi connectivity index (χ1) is 9.56. The van der Waals surface area contributed by atoms with E-state index in [1.807, 2.05) is 0 Å². The maximum absolute atomic E-state index is 13.1. The predicted octanol–water partition coefficient (Wildman–Crippen LogP) is 2.69. The van der Waals surface area contributed by atoms with Crippen LogP contribution < -0.4 is 5.32 Å². The summed E-state index contributed by atoms with van der Waals surface area (Å²) in [6.45, 7) is 0.527. The monoisotopic (exact) mass is 280 g/mol. The molecule has 108 valence electrons. The lowest BCUT2D eigenvalue weighted by Crippen LogP contribution is -2.46. The third-order valence-electron chi connectivity index (χ3n) is 3.37. The zero-order chi connectivity index (χ0) is 14.5. The number of urea groups is 1. The van der Waals surface area contributed by atoms with E-state index >= 15 is 0 Å². The molecule has 1 heterocycles. The Kier molecular flexibility index (Phi) is 4.55. The summed E-state index contributed by atoms with van der Waals surface area (Å²) in [7, 11) is 0. The molecule has 1 atom stereocenters. The van der Waals surface area contributed by atoms with E-state index in [4.69, 9.17) is 5.11 Å². The van der Waals surface area contributed by atoms with Crippen molar-refractivity contribution in [3.63, 3.8) is 0 Å². The number of amides is 2. The van der Waals surface area contributed by atoms with E-state index in [0.717, 1.165) is 12.8 Å². The Morgan fingerprint density at radius 2 is 2.20 bits per heavy atom. The van der Waals surface area contributed by atoms with Gasteiger partial charge in [-0.25, -0.2) is 9.18 Å². The number of carboxylic acids is 1. The van der Waals surface area contributed by atoms with Gasteiger partial charge < -0.3 is 15.3 Å². The van der Waals surface area contributed by atoms with Crippen LogP contribution in [0.4, 0.5) is 14.9 Å².